The van der Waals surface area contributed by atoms with Crippen LogP contribution >= 0.6 is 0 Å². The number of hydrogen-bond donors (Lipinski definition) is 1. The van der Waals surface area contributed by atoms with Gasteiger partial charge in [0.15, 0.2) is 0 Å². The van der Waals surface area contributed by atoms with E-state index in [2.05, 4.69) is 27.7 Å². The molecule has 0 aliphatic heterocycles. The Kier molecular flexibility index (Phi) is 31.5. The maximum atomic E-state index is 11.9. The molecule has 0 saturated heterocycles. The van der Waals surface area contributed by atoms with Crippen molar-refractivity contribution in [2.45, 2.75) is 207 Å². The molecule has 0 spiro atoms. The van der Waals surface area contributed by atoms with Gasteiger partial charge in [0.2, 0.25) is 0 Å². The van der Waals surface area contributed by atoms with Gasteiger partial charge in [0, 0.05) is 12.8 Å². The number of unbranched alkanes of at least 4 members (excludes halogenated alkanes) is 20. The molecule has 0 fully saturated rings. The summed E-state index contributed by atoms with van der Waals surface area (Å²) in [4.78, 5) is 23.8. The van der Waals surface area contributed by atoms with E-state index in [-0.39, 0.29) is 25.2 Å². The van der Waals surface area contributed by atoms with Crippen molar-refractivity contribution in [3.05, 3.63) is 0 Å². The lowest BCUT2D eigenvalue weighted by atomic mass is 10.00. The molecule has 0 aliphatic carbocycles. The van der Waals surface area contributed by atoms with Gasteiger partial charge in [0.05, 0.1) is 0 Å². The first kappa shape index (κ1) is 41.9. The first-order valence-corrected chi connectivity index (χ1v) is 18.8. The summed E-state index contributed by atoms with van der Waals surface area (Å²) in [7, 11) is 0. The highest BCUT2D eigenvalue weighted by atomic mass is 16.6. The van der Waals surface area contributed by atoms with Crippen molar-refractivity contribution in [2.75, 3.05) is 13.2 Å². The van der Waals surface area contributed by atoms with E-state index in [1.807, 2.05) is 0 Å². The molecule has 0 amide bonds. The quantitative estimate of drug-likeness (QED) is 0.0591. The number of rotatable bonds is 33. The van der Waals surface area contributed by atoms with Crippen LogP contribution in [0, 0.1) is 11.8 Å². The fourth-order valence-electron chi connectivity index (χ4n) is 5.54. The van der Waals surface area contributed by atoms with Crippen LogP contribution in [-0.4, -0.2) is 36.4 Å². The fraction of sp³-hybridized carbons (Fsp3) is 0.947. The second-order valence-corrected chi connectivity index (χ2v) is 13.8. The van der Waals surface area contributed by atoms with Gasteiger partial charge in [-0.25, -0.2) is 0 Å². The molecule has 0 aromatic heterocycles. The second kappa shape index (κ2) is 32.3. The number of hydrogen-bond acceptors (Lipinski definition) is 5. The molecule has 1 N–H and O–H groups in total. The zero-order valence-electron chi connectivity index (χ0n) is 29.3. The first-order chi connectivity index (χ1) is 20.8. The summed E-state index contributed by atoms with van der Waals surface area (Å²) in [6.45, 7) is 8.98. The normalized spacial score (nSPS) is 12.9. The molecule has 0 rings (SSSR count). The smallest absolute Gasteiger partial charge is 0.305 e. The van der Waals surface area contributed by atoms with Crippen molar-refractivity contribution < 1.29 is 24.2 Å². The van der Waals surface area contributed by atoms with Crippen LogP contribution in [0.3, 0.4) is 0 Å². The van der Waals surface area contributed by atoms with Gasteiger partial charge in [-0.2, -0.15) is 0 Å². The zero-order chi connectivity index (χ0) is 31.8. The largest absolute Gasteiger partial charge is 0.463 e. The maximum absolute atomic E-state index is 11.9. The first-order valence-electron chi connectivity index (χ1n) is 18.8. The topological polar surface area (TPSA) is 72.8 Å². The summed E-state index contributed by atoms with van der Waals surface area (Å²) < 4.78 is 10.3. The molecule has 43 heavy (non-hydrogen) atoms. The highest BCUT2D eigenvalue weighted by Gasteiger charge is 2.12. The molecular formula is C38H74O5. The number of ether oxygens (including phenoxy) is 2. The van der Waals surface area contributed by atoms with Crippen LogP contribution in [0.15, 0.2) is 0 Å². The Labute approximate surface area is 268 Å². The molecule has 0 heterocycles. The van der Waals surface area contributed by atoms with Crippen molar-refractivity contribution in [3.63, 3.8) is 0 Å². The van der Waals surface area contributed by atoms with Gasteiger partial charge in [-0.05, 0) is 24.7 Å². The predicted octanol–water partition coefficient (Wildman–Crippen LogP) is 11.3. The minimum atomic E-state index is -0.956. The van der Waals surface area contributed by atoms with E-state index in [1.165, 1.54) is 128 Å². The van der Waals surface area contributed by atoms with E-state index in [0.717, 1.165) is 43.9 Å². The summed E-state index contributed by atoms with van der Waals surface area (Å²) in [5.41, 5.74) is 0. The second-order valence-electron chi connectivity index (χ2n) is 13.8. The van der Waals surface area contributed by atoms with E-state index < -0.39 is 6.10 Å². The summed E-state index contributed by atoms with van der Waals surface area (Å²) in [5.74, 6) is 1.13. The molecule has 2 atom stereocenters. The lowest BCUT2D eigenvalue weighted by Gasteiger charge is -2.12. The minimum absolute atomic E-state index is 0.110. The lowest BCUT2D eigenvalue weighted by molar-refractivity contribution is -0.152. The Balaban J connectivity index is 3.38. The summed E-state index contributed by atoms with van der Waals surface area (Å²) >= 11 is 0. The average Bonchev–Trinajstić information content (AvgIpc) is 2.99. The Morgan fingerprint density at radius 2 is 0.791 bits per heavy atom. The van der Waals surface area contributed by atoms with Gasteiger partial charge in [-0.1, -0.05) is 175 Å². The number of aliphatic hydroxyl groups excluding tert-OH is 1. The fourth-order valence-corrected chi connectivity index (χ4v) is 5.54. The summed E-state index contributed by atoms with van der Waals surface area (Å²) in [6, 6.07) is 0. The monoisotopic (exact) mass is 611 g/mol. The van der Waals surface area contributed by atoms with E-state index in [9.17, 15) is 14.7 Å². The minimum Gasteiger partial charge on any atom is -0.463 e. The SMILES string of the molecule is CCC(C)CCCCCCCCC(=O)OC[C@H](O)COC(=O)CCCCCCCCCCCCCCCCCCC(C)C. The molecule has 256 valence electrons. The van der Waals surface area contributed by atoms with Crippen LogP contribution < -0.4 is 0 Å². The van der Waals surface area contributed by atoms with E-state index in [0.29, 0.717) is 12.8 Å². The predicted molar refractivity (Wildman–Crippen MR) is 182 cm³/mol. The van der Waals surface area contributed by atoms with Gasteiger partial charge in [0.25, 0.3) is 0 Å². The molecule has 5 nitrogen and oxygen atoms in total. The van der Waals surface area contributed by atoms with Crippen LogP contribution in [0.4, 0.5) is 0 Å². The Morgan fingerprint density at radius 1 is 0.488 bits per heavy atom. The Morgan fingerprint density at radius 3 is 1.12 bits per heavy atom. The van der Waals surface area contributed by atoms with Crippen LogP contribution in [0.5, 0.6) is 0 Å². The molecule has 0 aromatic rings. The van der Waals surface area contributed by atoms with E-state index in [1.54, 1.807) is 0 Å². The molecule has 0 aromatic carbocycles. The zero-order valence-corrected chi connectivity index (χ0v) is 29.3. The van der Waals surface area contributed by atoms with Crippen molar-refractivity contribution >= 4 is 11.9 Å². The van der Waals surface area contributed by atoms with Gasteiger partial charge in [0.1, 0.15) is 19.3 Å². The van der Waals surface area contributed by atoms with Crippen LogP contribution in [-0.2, 0) is 19.1 Å². The van der Waals surface area contributed by atoms with E-state index >= 15 is 0 Å². The molecule has 5 heteroatoms. The maximum Gasteiger partial charge on any atom is 0.305 e. The van der Waals surface area contributed by atoms with Crippen LogP contribution in [0.25, 0.3) is 0 Å². The molecule has 1 unspecified atom stereocenters. The highest BCUT2D eigenvalue weighted by molar-refractivity contribution is 5.69. The summed E-state index contributed by atoms with van der Waals surface area (Å²) in [5, 5.41) is 9.98. The Hall–Kier alpha value is -1.10. The standard InChI is InChI=1S/C38H74O5/c1-5-35(4)29-25-21-18-19-23-27-31-38(41)43-33-36(39)32-42-37(40)30-26-22-17-15-13-11-9-7-6-8-10-12-14-16-20-24-28-34(2)3/h34-36,39H,5-33H2,1-4H3/t35?,36-/m1/s1. The van der Waals surface area contributed by atoms with Crippen molar-refractivity contribution in [2.24, 2.45) is 11.8 Å². The van der Waals surface area contributed by atoms with Crippen molar-refractivity contribution in [1.29, 1.82) is 0 Å². The van der Waals surface area contributed by atoms with Gasteiger partial charge in [-0.15, -0.1) is 0 Å². The number of esters is 2. The number of aliphatic hydroxyl groups is 1. The number of carbonyl (C=O) groups is 2. The van der Waals surface area contributed by atoms with Crippen molar-refractivity contribution in [1.82, 2.24) is 0 Å². The molecule has 0 saturated carbocycles. The summed E-state index contributed by atoms with van der Waals surface area (Å²) in [6.07, 6.45) is 31.6. The van der Waals surface area contributed by atoms with Crippen LogP contribution in [0.2, 0.25) is 0 Å². The molecular weight excluding hydrogens is 536 g/mol. The Bertz CT molecular complexity index is 605. The third-order valence-electron chi connectivity index (χ3n) is 8.81. The molecule has 0 radical (unpaired) electrons. The molecule has 0 aliphatic rings. The van der Waals surface area contributed by atoms with E-state index in [4.69, 9.17) is 9.47 Å². The third-order valence-corrected chi connectivity index (χ3v) is 8.81. The highest BCUT2D eigenvalue weighted by Crippen LogP contribution is 2.16. The molecule has 0 bridgehead atoms. The van der Waals surface area contributed by atoms with Crippen LogP contribution in [0.1, 0.15) is 201 Å². The van der Waals surface area contributed by atoms with Gasteiger partial charge in [-0.3, -0.25) is 9.59 Å². The lowest BCUT2D eigenvalue weighted by Crippen LogP contribution is -2.25. The third kappa shape index (κ3) is 33.6. The van der Waals surface area contributed by atoms with Gasteiger partial charge >= 0.3 is 11.9 Å². The van der Waals surface area contributed by atoms with Crippen molar-refractivity contribution in [3.8, 4) is 0 Å². The average molecular weight is 611 g/mol. The van der Waals surface area contributed by atoms with Gasteiger partial charge < -0.3 is 14.6 Å². The number of carbonyl (C=O) groups excluding carboxylic acids is 2.